The van der Waals surface area contributed by atoms with Gasteiger partial charge in [0.25, 0.3) is 0 Å². The third-order valence-electron chi connectivity index (χ3n) is 3.97. The number of carbonyl (C=O) groups is 1. The lowest BCUT2D eigenvalue weighted by Gasteiger charge is -2.34. The third kappa shape index (κ3) is 5.50. The predicted molar refractivity (Wildman–Crippen MR) is 97.9 cm³/mol. The fraction of sp³-hybridized carbons (Fsp3) is 0.562. The van der Waals surface area contributed by atoms with Crippen LogP contribution in [0.25, 0.3) is 0 Å². The van der Waals surface area contributed by atoms with Gasteiger partial charge in [0, 0.05) is 6.04 Å². The molecule has 0 aromatic heterocycles. The number of piperidine rings is 1. The summed E-state index contributed by atoms with van der Waals surface area (Å²) in [6.07, 6.45) is 3.16. The summed E-state index contributed by atoms with van der Waals surface area (Å²) in [5, 5.41) is 7.32. The van der Waals surface area contributed by atoms with Crippen LogP contribution in [0.3, 0.4) is 0 Å². The fourth-order valence-electron chi connectivity index (χ4n) is 2.84. The summed E-state index contributed by atoms with van der Waals surface area (Å²) in [5.74, 6) is -0.0859. The van der Waals surface area contributed by atoms with E-state index >= 15 is 0 Å². The van der Waals surface area contributed by atoms with Crippen LogP contribution in [0.5, 0.6) is 0 Å². The molecular formula is C16H22Cl3N3O. The van der Waals surface area contributed by atoms with E-state index in [2.05, 4.69) is 22.5 Å². The minimum Gasteiger partial charge on any atom is -0.324 e. The van der Waals surface area contributed by atoms with Gasteiger partial charge in [-0.2, -0.15) is 0 Å². The Morgan fingerprint density at radius 3 is 2.52 bits per heavy atom. The number of hydrogen-bond acceptors (Lipinski definition) is 3. The zero-order valence-corrected chi connectivity index (χ0v) is 15.4. The molecule has 1 aliphatic heterocycles. The second-order valence-electron chi connectivity index (χ2n) is 5.75. The predicted octanol–water partition coefficient (Wildman–Crippen LogP) is 4.05. The minimum absolute atomic E-state index is 0.0859. The van der Waals surface area contributed by atoms with Crippen LogP contribution >= 0.6 is 34.8 Å². The number of halogens is 3. The second-order valence-corrected chi connectivity index (χ2v) is 6.97. The van der Waals surface area contributed by atoms with E-state index in [0.29, 0.717) is 33.3 Å². The Hall–Kier alpha value is -0.520. The maximum atomic E-state index is 12.4. The Labute approximate surface area is 152 Å². The van der Waals surface area contributed by atoms with Crippen molar-refractivity contribution in [2.24, 2.45) is 0 Å². The number of hydrogen-bond donors (Lipinski definition) is 2. The molecule has 0 bridgehead atoms. The number of nitrogens with zero attached hydrogens (tertiary/aromatic N) is 1. The van der Waals surface area contributed by atoms with Crippen LogP contribution in [-0.2, 0) is 4.79 Å². The van der Waals surface area contributed by atoms with Gasteiger partial charge in [0.2, 0.25) is 5.91 Å². The van der Waals surface area contributed by atoms with Gasteiger partial charge < -0.3 is 10.6 Å². The maximum Gasteiger partial charge on any atom is 0.238 e. The van der Waals surface area contributed by atoms with Gasteiger partial charge in [-0.1, -0.05) is 41.7 Å². The summed E-state index contributed by atoms with van der Waals surface area (Å²) in [4.78, 5) is 14.6. The van der Waals surface area contributed by atoms with Crippen molar-refractivity contribution >= 4 is 46.4 Å². The molecule has 1 amide bonds. The number of nitrogens with one attached hydrogen (secondary N) is 2. The van der Waals surface area contributed by atoms with Crippen molar-refractivity contribution in [2.75, 3.05) is 31.5 Å². The zero-order valence-electron chi connectivity index (χ0n) is 13.2. The van der Waals surface area contributed by atoms with Crippen LogP contribution in [0.15, 0.2) is 12.1 Å². The first-order valence-corrected chi connectivity index (χ1v) is 9.03. The molecule has 0 radical (unpaired) electrons. The van der Waals surface area contributed by atoms with Crippen molar-refractivity contribution in [1.82, 2.24) is 10.2 Å². The molecule has 1 aromatic rings. The molecule has 0 atom stereocenters. The van der Waals surface area contributed by atoms with Gasteiger partial charge in [-0.05, 0) is 51.0 Å². The maximum absolute atomic E-state index is 12.4. The Bertz CT molecular complexity index is 548. The van der Waals surface area contributed by atoms with E-state index in [-0.39, 0.29) is 5.91 Å². The Morgan fingerprint density at radius 2 is 1.87 bits per heavy atom. The number of anilines is 1. The van der Waals surface area contributed by atoms with Gasteiger partial charge in [0.1, 0.15) is 0 Å². The van der Waals surface area contributed by atoms with E-state index in [1.807, 2.05) is 0 Å². The van der Waals surface area contributed by atoms with Gasteiger partial charge in [0.15, 0.2) is 0 Å². The normalized spacial score (nSPS) is 15.9. The summed E-state index contributed by atoms with van der Waals surface area (Å²) >= 11 is 18.0. The fourth-order valence-corrected chi connectivity index (χ4v) is 3.44. The second kappa shape index (κ2) is 9.09. The highest BCUT2D eigenvalue weighted by atomic mass is 35.5. The zero-order chi connectivity index (χ0) is 16.8. The molecule has 4 nitrogen and oxygen atoms in total. The van der Waals surface area contributed by atoms with E-state index in [0.717, 1.165) is 38.9 Å². The highest BCUT2D eigenvalue weighted by Crippen LogP contribution is 2.32. The molecule has 1 heterocycles. The highest BCUT2D eigenvalue weighted by molar-refractivity contribution is 6.44. The Morgan fingerprint density at radius 1 is 1.22 bits per heavy atom. The molecule has 23 heavy (non-hydrogen) atoms. The Kier molecular flexibility index (Phi) is 7.44. The van der Waals surface area contributed by atoms with Crippen molar-refractivity contribution in [3.63, 3.8) is 0 Å². The lowest BCUT2D eigenvalue weighted by atomic mass is 10.0. The standard InChI is InChI=1S/C16H22Cl3N3O/c1-2-7-22(11-3-5-20-6-4-11)10-16(23)21-15-9-13(18)12(17)8-14(15)19/h8-9,11,20H,2-7,10H2,1H3,(H,21,23). The van der Waals surface area contributed by atoms with E-state index in [9.17, 15) is 4.79 Å². The molecule has 1 aliphatic rings. The van der Waals surface area contributed by atoms with Gasteiger partial charge in [-0.3, -0.25) is 9.69 Å². The molecule has 2 rings (SSSR count). The third-order valence-corrected chi connectivity index (χ3v) is 5.00. The summed E-state index contributed by atoms with van der Waals surface area (Å²) in [6.45, 7) is 5.40. The topological polar surface area (TPSA) is 44.4 Å². The van der Waals surface area contributed by atoms with Crippen LogP contribution in [-0.4, -0.2) is 43.0 Å². The number of amides is 1. The van der Waals surface area contributed by atoms with Crippen LogP contribution in [0.1, 0.15) is 26.2 Å². The van der Waals surface area contributed by atoms with Crippen molar-refractivity contribution in [3.8, 4) is 0 Å². The van der Waals surface area contributed by atoms with Gasteiger partial charge in [0.05, 0.1) is 27.3 Å². The number of rotatable bonds is 6. The first kappa shape index (κ1) is 18.8. The molecule has 2 N–H and O–H groups in total. The molecule has 128 valence electrons. The van der Waals surface area contributed by atoms with Crippen LogP contribution < -0.4 is 10.6 Å². The van der Waals surface area contributed by atoms with Crippen molar-refractivity contribution in [2.45, 2.75) is 32.2 Å². The van der Waals surface area contributed by atoms with E-state index < -0.39 is 0 Å². The summed E-state index contributed by atoms with van der Waals surface area (Å²) < 4.78 is 0. The monoisotopic (exact) mass is 377 g/mol. The van der Waals surface area contributed by atoms with E-state index in [1.54, 1.807) is 6.07 Å². The molecule has 0 unspecified atom stereocenters. The quantitative estimate of drug-likeness (QED) is 0.734. The summed E-state index contributed by atoms with van der Waals surface area (Å²) in [5.41, 5.74) is 0.493. The SMILES string of the molecule is CCCN(CC(=O)Nc1cc(Cl)c(Cl)cc1Cl)C1CCNCC1. The number of carbonyl (C=O) groups excluding carboxylic acids is 1. The van der Waals surface area contributed by atoms with Crippen LogP contribution in [0.2, 0.25) is 15.1 Å². The van der Waals surface area contributed by atoms with Crippen molar-refractivity contribution in [3.05, 3.63) is 27.2 Å². The number of benzene rings is 1. The van der Waals surface area contributed by atoms with E-state index in [4.69, 9.17) is 34.8 Å². The lowest BCUT2D eigenvalue weighted by Crippen LogP contribution is -2.46. The van der Waals surface area contributed by atoms with Crippen LogP contribution in [0.4, 0.5) is 5.69 Å². The first-order chi connectivity index (χ1) is 11.0. The summed E-state index contributed by atoms with van der Waals surface area (Å²) in [7, 11) is 0. The lowest BCUT2D eigenvalue weighted by molar-refractivity contribution is -0.118. The van der Waals surface area contributed by atoms with E-state index in [1.165, 1.54) is 6.07 Å². The average Bonchev–Trinajstić information content (AvgIpc) is 2.53. The van der Waals surface area contributed by atoms with Crippen molar-refractivity contribution in [1.29, 1.82) is 0 Å². The summed E-state index contributed by atoms with van der Waals surface area (Å²) in [6, 6.07) is 3.57. The molecule has 0 aliphatic carbocycles. The van der Waals surface area contributed by atoms with Gasteiger partial charge in [-0.25, -0.2) is 0 Å². The molecule has 1 fully saturated rings. The molecular weight excluding hydrogens is 357 g/mol. The smallest absolute Gasteiger partial charge is 0.238 e. The average molecular weight is 379 g/mol. The van der Waals surface area contributed by atoms with Crippen molar-refractivity contribution < 1.29 is 4.79 Å². The van der Waals surface area contributed by atoms with Gasteiger partial charge >= 0.3 is 0 Å². The molecule has 7 heteroatoms. The van der Waals surface area contributed by atoms with Crippen LogP contribution in [0, 0.1) is 0 Å². The molecule has 1 saturated heterocycles. The molecule has 1 aromatic carbocycles. The first-order valence-electron chi connectivity index (χ1n) is 7.90. The molecule has 0 saturated carbocycles. The molecule has 0 spiro atoms. The Balaban J connectivity index is 2.00. The minimum atomic E-state index is -0.0859. The highest BCUT2D eigenvalue weighted by Gasteiger charge is 2.22. The largest absolute Gasteiger partial charge is 0.324 e. The van der Waals surface area contributed by atoms with Gasteiger partial charge in [-0.15, -0.1) is 0 Å².